The first-order chi connectivity index (χ1) is 9.61. The molecule has 0 heterocycles. The van der Waals surface area contributed by atoms with Gasteiger partial charge in [-0.25, -0.2) is 4.39 Å². The molecule has 0 aliphatic rings. The predicted molar refractivity (Wildman–Crippen MR) is 80.6 cm³/mol. The Bertz CT molecular complexity index is 564. The average Bonchev–Trinajstić information content (AvgIpc) is 2.48. The van der Waals surface area contributed by atoms with E-state index in [-0.39, 0.29) is 17.8 Å². The van der Waals surface area contributed by atoms with E-state index in [0.717, 1.165) is 17.5 Å². The van der Waals surface area contributed by atoms with Gasteiger partial charge in [-0.1, -0.05) is 54.9 Å². The monoisotopic (exact) mass is 292 g/mol. The molecule has 0 spiro atoms. The molecule has 0 saturated heterocycles. The fourth-order valence-electron chi connectivity index (χ4n) is 2.51. The summed E-state index contributed by atoms with van der Waals surface area (Å²) in [4.78, 5) is 0. The van der Waals surface area contributed by atoms with Gasteiger partial charge in [0.2, 0.25) is 0 Å². The van der Waals surface area contributed by atoms with Gasteiger partial charge in [-0.3, -0.25) is 0 Å². The van der Waals surface area contributed by atoms with E-state index in [0.29, 0.717) is 11.4 Å². The van der Waals surface area contributed by atoms with E-state index in [1.54, 1.807) is 6.07 Å². The molecule has 1 atom stereocenters. The highest BCUT2D eigenvalue weighted by molar-refractivity contribution is 6.31. The zero-order valence-electron chi connectivity index (χ0n) is 11.4. The van der Waals surface area contributed by atoms with Crippen molar-refractivity contribution in [2.75, 3.05) is 6.61 Å². The van der Waals surface area contributed by atoms with E-state index in [4.69, 9.17) is 11.6 Å². The lowest BCUT2D eigenvalue weighted by atomic mass is 9.74. The van der Waals surface area contributed by atoms with Crippen LogP contribution >= 0.6 is 11.6 Å². The van der Waals surface area contributed by atoms with Crippen LogP contribution in [-0.4, -0.2) is 11.7 Å². The number of aliphatic hydroxyl groups excluding tert-OH is 1. The largest absolute Gasteiger partial charge is 0.395 e. The minimum atomic E-state index is -0.386. The Kier molecular flexibility index (Phi) is 4.79. The normalized spacial score (nSPS) is 14.0. The lowest BCUT2D eigenvalue weighted by molar-refractivity contribution is 0.186. The molecule has 0 aromatic heterocycles. The first-order valence-electron chi connectivity index (χ1n) is 6.71. The van der Waals surface area contributed by atoms with Crippen LogP contribution < -0.4 is 0 Å². The van der Waals surface area contributed by atoms with Crippen molar-refractivity contribution in [2.24, 2.45) is 0 Å². The number of hydrogen-bond donors (Lipinski definition) is 1. The minimum Gasteiger partial charge on any atom is -0.395 e. The third-order valence-electron chi connectivity index (χ3n) is 3.91. The molecule has 0 fully saturated rings. The Labute approximate surface area is 124 Å². The quantitative estimate of drug-likeness (QED) is 0.868. The van der Waals surface area contributed by atoms with Crippen molar-refractivity contribution in [2.45, 2.75) is 25.2 Å². The van der Waals surface area contributed by atoms with Gasteiger partial charge in [0.25, 0.3) is 0 Å². The maximum atomic E-state index is 13.1. The average molecular weight is 293 g/mol. The first kappa shape index (κ1) is 15.0. The Balaban J connectivity index is 2.39. The van der Waals surface area contributed by atoms with Crippen molar-refractivity contribution in [3.05, 3.63) is 70.5 Å². The van der Waals surface area contributed by atoms with E-state index >= 15 is 0 Å². The molecule has 20 heavy (non-hydrogen) atoms. The maximum Gasteiger partial charge on any atom is 0.124 e. The molecule has 0 amide bonds. The Hall–Kier alpha value is -1.38. The summed E-state index contributed by atoms with van der Waals surface area (Å²) in [7, 11) is 0. The second-order valence-electron chi connectivity index (χ2n) is 5.07. The standard InChI is InChI=1S/C17H18ClFO/c1-2-17(12-20,14-6-4-3-5-7-14)11-13-8-9-15(19)10-16(13)18/h3-10,20H,2,11-12H2,1H3. The summed E-state index contributed by atoms with van der Waals surface area (Å²) in [5, 5.41) is 10.3. The Morgan fingerprint density at radius 1 is 1.15 bits per heavy atom. The second kappa shape index (κ2) is 6.38. The van der Waals surface area contributed by atoms with Crippen LogP contribution in [0.5, 0.6) is 0 Å². The van der Waals surface area contributed by atoms with Gasteiger partial charge in [0, 0.05) is 10.4 Å². The van der Waals surface area contributed by atoms with E-state index in [1.807, 2.05) is 37.3 Å². The summed E-state index contributed by atoms with van der Waals surface area (Å²) in [5.74, 6) is -0.343. The molecule has 1 N–H and O–H groups in total. The number of aliphatic hydroxyl groups is 1. The van der Waals surface area contributed by atoms with Crippen molar-refractivity contribution in [1.29, 1.82) is 0 Å². The zero-order valence-corrected chi connectivity index (χ0v) is 12.2. The highest BCUT2D eigenvalue weighted by Gasteiger charge is 2.30. The van der Waals surface area contributed by atoms with Gasteiger partial charge in [-0.05, 0) is 36.1 Å². The SMILES string of the molecule is CCC(CO)(Cc1ccc(F)cc1Cl)c1ccccc1. The van der Waals surface area contributed by atoms with E-state index < -0.39 is 0 Å². The molecule has 0 radical (unpaired) electrons. The number of hydrogen-bond acceptors (Lipinski definition) is 1. The molecule has 3 heteroatoms. The van der Waals surface area contributed by atoms with Crippen molar-refractivity contribution >= 4 is 11.6 Å². The molecule has 2 aromatic carbocycles. The second-order valence-corrected chi connectivity index (χ2v) is 5.48. The van der Waals surface area contributed by atoms with Crippen molar-refractivity contribution in [1.82, 2.24) is 0 Å². The van der Waals surface area contributed by atoms with Gasteiger partial charge in [0.05, 0.1) is 6.61 Å². The highest BCUT2D eigenvalue weighted by Crippen LogP contribution is 2.33. The van der Waals surface area contributed by atoms with Crippen LogP contribution in [0.2, 0.25) is 5.02 Å². The molecule has 2 rings (SSSR count). The van der Waals surface area contributed by atoms with E-state index in [2.05, 4.69) is 0 Å². The minimum absolute atomic E-state index is 0.0290. The van der Waals surface area contributed by atoms with E-state index in [1.165, 1.54) is 12.1 Å². The van der Waals surface area contributed by atoms with Crippen LogP contribution in [0.4, 0.5) is 4.39 Å². The van der Waals surface area contributed by atoms with Gasteiger partial charge in [0.1, 0.15) is 5.82 Å². The Morgan fingerprint density at radius 2 is 1.85 bits per heavy atom. The fraction of sp³-hybridized carbons (Fsp3) is 0.294. The summed E-state index contributed by atoms with van der Waals surface area (Å²) in [5.41, 5.74) is 1.54. The molecule has 106 valence electrons. The lowest BCUT2D eigenvalue weighted by Gasteiger charge is -2.32. The molecule has 1 nitrogen and oxygen atoms in total. The number of halogens is 2. The third kappa shape index (κ3) is 3.02. The Morgan fingerprint density at radius 3 is 2.40 bits per heavy atom. The summed E-state index contributed by atoms with van der Waals surface area (Å²) in [6.45, 7) is 2.07. The number of benzene rings is 2. The van der Waals surface area contributed by atoms with Gasteiger partial charge in [-0.15, -0.1) is 0 Å². The van der Waals surface area contributed by atoms with Crippen LogP contribution in [0.25, 0.3) is 0 Å². The van der Waals surface area contributed by atoms with Crippen molar-refractivity contribution in [3.63, 3.8) is 0 Å². The van der Waals surface area contributed by atoms with Crippen molar-refractivity contribution in [3.8, 4) is 0 Å². The third-order valence-corrected chi connectivity index (χ3v) is 4.26. The van der Waals surface area contributed by atoms with Crippen LogP contribution in [0.1, 0.15) is 24.5 Å². The molecule has 2 aromatic rings. The fourth-order valence-corrected chi connectivity index (χ4v) is 2.75. The molecule has 0 aliphatic heterocycles. The number of rotatable bonds is 5. The van der Waals surface area contributed by atoms with Gasteiger partial charge in [0.15, 0.2) is 0 Å². The summed E-state index contributed by atoms with van der Waals surface area (Å²) in [6, 6.07) is 14.3. The molecule has 0 aliphatic carbocycles. The highest BCUT2D eigenvalue weighted by atomic mass is 35.5. The maximum absolute atomic E-state index is 13.1. The van der Waals surface area contributed by atoms with E-state index in [9.17, 15) is 9.50 Å². The topological polar surface area (TPSA) is 20.2 Å². The van der Waals surface area contributed by atoms with Crippen LogP contribution in [0.3, 0.4) is 0 Å². The van der Waals surface area contributed by atoms with Crippen molar-refractivity contribution < 1.29 is 9.50 Å². The van der Waals surface area contributed by atoms with Gasteiger partial charge >= 0.3 is 0 Å². The molecule has 1 unspecified atom stereocenters. The van der Waals surface area contributed by atoms with Gasteiger partial charge in [-0.2, -0.15) is 0 Å². The summed E-state index contributed by atoms with van der Waals surface area (Å²) >= 11 is 6.12. The molecular weight excluding hydrogens is 275 g/mol. The summed E-state index contributed by atoms with van der Waals surface area (Å²) in [6.07, 6.45) is 1.37. The molecular formula is C17H18ClFO. The zero-order chi connectivity index (χ0) is 14.6. The molecule has 0 saturated carbocycles. The lowest BCUT2D eigenvalue weighted by Crippen LogP contribution is -2.32. The van der Waals surface area contributed by atoms with Gasteiger partial charge < -0.3 is 5.11 Å². The van der Waals surface area contributed by atoms with Crippen LogP contribution in [0, 0.1) is 5.82 Å². The predicted octanol–water partition coefficient (Wildman–Crippen LogP) is 4.36. The van der Waals surface area contributed by atoms with Crippen LogP contribution in [-0.2, 0) is 11.8 Å². The first-order valence-corrected chi connectivity index (χ1v) is 7.09. The molecule has 0 bridgehead atoms. The summed E-state index contributed by atoms with van der Waals surface area (Å²) < 4.78 is 13.1. The smallest absolute Gasteiger partial charge is 0.124 e. The van der Waals surface area contributed by atoms with Crippen LogP contribution in [0.15, 0.2) is 48.5 Å².